The lowest BCUT2D eigenvalue weighted by Crippen LogP contribution is -2.31. The van der Waals surface area contributed by atoms with Crippen LogP contribution in [0.3, 0.4) is 0 Å². The predicted molar refractivity (Wildman–Crippen MR) is 56.7 cm³/mol. The van der Waals surface area contributed by atoms with E-state index in [1.165, 1.54) is 6.42 Å². The van der Waals surface area contributed by atoms with Crippen molar-refractivity contribution in [3.8, 4) is 0 Å². The first-order valence-electron chi connectivity index (χ1n) is 5.45. The van der Waals surface area contributed by atoms with Crippen LogP contribution in [0.5, 0.6) is 0 Å². The molecule has 2 nitrogen and oxygen atoms in total. The van der Waals surface area contributed by atoms with Crippen LogP contribution < -0.4 is 0 Å². The van der Waals surface area contributed by atoms with E-state index in [-0.39, 0.29) is 11.0 Å². The summed E-state index contributed by atoms with van der Waals surface area (Å²) >= 11 is 6.38. The summed E-state index contributed by atoms with van der Waals surface area (Å²) in [6.07, 6.45) is 2.36. The molecule has 2 fully saturated rings. The second kappa shape index (κ2) is 3.99. The Kier molecular flexibility index (Phi) is 3.06. The first-order chi connectivity index (χ1) is 6.59. The molecule has 0 bridgehead atoms. The highest BCUT2D eigenvalue weighted by molar-refractivity contribution is 6.21. The zero-order valence-corrected chi connectivity index (χ0v) is 9.72. The van der Waals surface area contributed by atoms with Crippen molar-refractivity contribution >= 4 is 11.6 Å². The molecule has 0 amide bonds. The first-order valence-corrected chi connectivity index (χ1v) is 5.89. The maximum absolute atomic E-state index is 6.38. The van der Waals surface area contributed by atoms with Crippen LogP contribution in [0.15, 0.2) is 0 Å². The lowest BCUT2D eigenvalue weighted by Gasteiger charge is -2.23. The van der Waals surface area contributed by atoms with E-state index < -0.39 is 0 Å². The second-order valence-corrected chi connectivity index (χ2v) is 5.51. The predicted octanol–water partition coefficient (Wildman–Crippen LogP) is 2.45. The van der Waals surface area contributed by atoms with E-state index in [0.717, 1.165) is 26.2 Å². The fraction of sp³-hybridized carbons (Fsp3) is 1.00. The van der Waals surface area contributed by atoms with E-state index in [4.69, 9.17) is 21.1 Å². The van der Waals surface area contributed by atoms with E-state index in [9.17, 15) is 0 Å². The van der Waals surface area contributed by atoms with Gasteiger partial charge in [-0.25, -0.2) is 0 Å². The summed E-state index contributed by atoms with van der Waals surface area (Å²) in [6.45, 7) is 6.82. The molecule has 14 heavy (non-hydrogen) atoms. The Bertz CT molecular complexity index is 199. The molecule has 0 N–H and O–H groups in total. The summed E-state index contributed by atoms with van der Waals surface area (Å²) in [7, 11) is 0. The third kappa shape index (κ3) is 2.07. The molecule has 2 aliphatic rings. The van der Waals surface area contributed by atoms with Gasteiger partial charge in [0.25, 0.3) is 0 Å². The van der Waals surface area contributed by atoms with Crippen LogP contribution in [-0.4, -0.2) is 30.8 Å². The van der Waals surface area contributed by atoms with Crippen molar-refractivity contribution in [3.05, 3.63) is 0 Å². The summed E-state index contributed by atoms with van der Waals surface area (Å²) in [6, 6.07) is 0. The smallest absolute Gasteiger partial charge is 0.0793 e. The Balaban J connectivity index is 1.87. The highest BCUT2D eigenvalue weighted by Gasteiger charge is 2.42. The maximum atomic E-state index is 6.38. The van der Waals surface area contributed by atoms with Gasteiger partial charge >= 0.3 is 0 Å². The van der Waals surface area contributed by atoms with Crippen molar-refractivity contribution in [3.63, 3.8) is 0 Å². The van der Waals surface area contributed by atoms with Gasteiger partial charge in [-0.3, -0.25) is 0 Å². The molecule has 0 saturated carbocycles. The summed E-state index contributed by atoms with van der Waals surface area (Å²) in [5.74, 6) is 1.22. The van der Waals surface area contributed by atoms with Crippen molar-refractivity contribution < 1.29 is 9.47 Å². The standard InChI is InChI=1S/C11H19ClO2/c1-11(2)10(12)9(7-14-11)5-8-3-4-13-6-8/h8-10H,3-7H2,1-2H3. The Hall–Kier alpha value is 0.210. The van der Waals surface area contributed by atoms with Gasteiger partial charge in [0, 0.05) is 19.1 Å². The minimum atomic E-state index is -0.147. The average Bonchev–Trinajstić information content (AvgIpc) is 2.70. The van der Waals surface area contributed by atoms with Gasteiger partial charge in [0.05, 0.1) is 17.6 Å². The molecule has 0 aliphatic carbocycles. The Labute approximate surface area is 90.9 Å². The largest absolute Gasteiger partial charge is 0.381 e. The molecule has 0 aromatic carbocycles. The molecule has 0 aromatic rings. The molecule has 2 heterocycles. The summed E-state index contributed by atoms with van der Waals surface area (Å²) in [4.78, 5) is 0. The van der Waals surface area contributed by atoms with Crippen molar-refractivity contribution in [2.45, 2.75) is 37.7 Å². The number of alkyl halides is 1. The first kappa shape index (κ1) is 10.7. The number of ether oxygens (including phenoxy) is 2. The van der Waals surface area contributed by atoms with Crippen molar-refractivity contribution in [2.75, 3.05) is 19.8 Å². The van der Waals surface area contributed by atoms with Crippen LogP contribution in [0.4, 0.5) is 0 Å². The summed E-state index contributed by atoms with van der Waals surface area (Å²) in [5.41, 5.74) is -0.147. The molecule has 2 saturated heterocycles. The van der Waals surface area contributed by atoms with Crippen LogP contribution in [0.1, 0.15) is 26.7 Å². The van der Waals surface area contributed by atoms with Crippen LogP contribution in [-0.2, 0) is 9.47 Å². The Morgan fingerprint density at radius 2 is 2.14 bits per heavy atom. The van der Waals surface area contributed by atoms with Gasteiger partial charge in [-0.05, 0) is 32.6 Å². The number of rotatable bonds is 2. The van der Waals surface area contributed by atoms with E-state index in [1.54, 1.807) is 0 Å². The molecule has 0 aromatic heterocycles. The zero-order chi connectivity index (χ0) is 10.2. The van der Waals surface area contributed by atoms with Gasteiger partial charge in [-0.2, -0.15) is 0 Å². The second-order valence-electron chi connectivity index (χ2n) is 5.04. The van der Waals surface area contributed by atoms with Gasteiger partial charge < -0.3 is 9.47 Å². The van der Waals surface area contributed by atoms with Crippen LogP contribution in [0.25, 0.3) is 0 Å². The molecule has 3 unspecified atom stereocenters. The van der Waals surface area contributed by atoms with E-state index in [0.29, 0.717) is 11.8 Å². The van der Waals surface area contributed by atoms with Gasteiger partial charge in [0.2, 0.25) is 0 Å². The number of halogens is 1. The van der Waals surface area contributed by atoms with E-state index in [2.05, 4.69) is 13.8 Å². The number of hydrogen-bond donors (Lipinski definition) is 0. The zero-order valence-electron chi connectivity index (χ0n) is 8.96. The van der Waals surface area contributed by atoms with Crippen molar-refractivity contribution in [1.82, 2.24) is 0 Å². The topological polar surface area (TPSA) is 18.5 Å². The van der Waals surface area contributed by atoms with Crippen molar-refractivity contribution in [1.29, 1.82) is 0 Å². The Morgan fingerprint density at radius 3 is 2.64 bits per heavy atom. The summed E-state index contributed by atoms with van der Waals surface area (Å²) in [5, 5.41) is 0.156. The number of hydrogen-bond acceptors (Lipinski definition) is 2. The molecule has 0 spiro atoms. The SMILES string of the molecule is CC1(C)OCC(CC2CCOC2)C1Cl. The monoisotopic (exact) mass is 218 g/mol. The van der Waals surface area contributed by atoms with Gasteiger partial charge in [-0.15, -0.1) is 11.6 Å². The maximum Gasteiger partial charge on any atom is 0.0793 e. The normalized spacial score (nSPS) is 41.8. The molecular weight excluding hydrogens is 200 g/mol. The fourth-order valence-corrected chi connectivity index (χ4v) is 2.68. The third-order valence-electron chi connectivity index (χ3n) is 3.41. The van der Waals surface area contributed by atoms with Gasteiger partial charge in [0.1, 0.15) is 0 Å². The molecular formula is C11H19ClO2. The molecule has 2 rings (SSSR count). The molecule has 3 atom stereocenters. The lowest BCUT2D eigenvalue weighted by molar-refractivity contribution is 0.0360. The quantitative estimate of drug-likeness (QED) is 0.663. The highest BCUT2D eigenvalue weighted by atomic mass is 35.5. The van der Waals surface area contributed by atoms with Crippen LogP contribution in [0.2, 0.25) is 0 Å². The van der Waals surface area contributed by atoms with Gasteiger partial charge in [0.15, 0.2) is 0 Å². The molecule has 3 heteroatoms. The minimum Gasteiger partial charge on any atom is -0.381 e. The molecule has 0 radical (unpaired) electrons. The highest BCUT2D eigenvalue weighted by Crippen LogP contribution is 2.38. The molecule has 2 aliphatic heterocycles. The van der Waals surface area contributed by atoms with Crippen molar-refractivity contribution in [2.24, 2.45) is 11.8 Å². The lowest BCUT2D eigenvalue weighted by atomic mass is 9.88. The van der Waals surface area contributed by atoms with Crippen LogP contribution >= 0.6 is 11.6 Å². The Morgan fingerprint density at radius 1 is 1.36 bits per heavy atom. The third-order valence-corrected chi connectivity index (χ3v) is 4.29. The summed E-state index contributed by atoms with van der Waals surface area (Å²) < 4.78 is 11.1. The molecule has 82 valence electrons. The van der Waals surface area contributed by atoms with E-state index in [1.807, 2.05) is 0 Å². The van der Waals surface area contributed by atoms with E-state index >= 15 is 0 Å². The average molecular weight is 219 g/mol. The fourth-order valence-electron chi connectivity index (χ4n) is 2.44. The van der Waals surface area contributed by atoms with Crippen LogP contribution in [0, 0.1) is 11.8 Å². The van der Waals surface area contributed by atoms with Gasteiger partial charge in [-0.1, -0.05) is 0 Å². The minimum absolute atomic E-state index is 0.147.